The lowest BCUT2D eigenvalue weighted by Crippen LogP contribution is -2.57. The number of aryl methyl sites for hydroxylation is 2. The van der Waals surface area contributed by atoms with Gasteiger partial charge in [0.1, 0.15) is 17.2 Å². The number of benzene rings is 1. The first kappa shape index (κ1) is 24.2. The molecule has 2 atom stereocenters. The highest BCUT2D eigenvalue weighted by atomic mass is 16.6. The van der Waals surface area contributed by atoms with Gasteiger partial charge in [0, 0.05) is 44.1 Å². The maximum absolute atomic E-state index is 12.5. The van der Waals surface area contributed by atoms with Crippen LogP contribution in [-0.2, 0) is 9.47 Å². The van der Waals surface area contributed by atoms with Crippen molar-refractivity contribution in [1.29, 1.82) is 0 Å². The third kappa shape index (κ3) is 4.77. The average molecular weight is 505 g/mol. The van der Waals surface area contributed by atoms with E-state index in [1.54, 1.807) is 0 Å². The number of ether oxygens (including phenoxy) is 2. The van der Waals surface area contributed by atoms with Crippen LogP contribution in [0.5, 0.6) is 0 Å². The number of anilines is 1. The second kappa shape index (κ2) is 8.97. The van der Waals surface area contributed by atoms with E-state index in [4.69, 9.17) is 24.5 Å². The fourth-order valence-electron chi connectivity index (χ4n) is 5.88. The molecule has 9 nitrogen and oxygen atoms in total. The summed E-state index contributed by atoms with van der Waals surface area (Å²) in [6.45, 7) is 13.0. The Kier molecular flexibility index (Phi) is 5.86. The SMILES string of the molecule is Cc1nc(N2CC3CC(C2)O3)cc(-n2ncc3cc(C)c(C4CCN(C(=O)OC(C)(C)C)CC4)cc32)n1. The molecule has 3 aromatic rings. The third-order valence-electron chi connectivity index (χ3n) is 7.65. The number of carbonyl (C=O) groups excluding carboxylic acids is 1. The van der Waals surface area contributed by atoms with Crippen LogP contribution in [0.4, 0.5) is 10.6 Å². The highest BCUT2D eigenvalue weighted by Crippen LogP contribution is 2.35. The molecule has 0 radical (unpaired) electrons. The van der Waals surface area contributed by atoms with E-state index in [1.807, 2.05) is 49.5 Å². The van der Waals surface area contributed by atoms with E-state index in [0.717, 1.165) is 60.7 Å². The first-order chi connectivity index (χ1) is 17.6. The van der Waals surface area contributed by atoms with E-state index in [9.17, 15) is 4.79 Å². The van der Waals surface area contributed by atoms with E-state index < -0.39 is 5.60 Å². The summed E-state index contributed by atoms with van der Waals surface area (Å²) in [6.07, 6.45) is 5.30. The van der Waals surface area contributed by atoms with Crippen molar-refractivity contribution in [1.82, 2.24) is 24.6 Å². The van der Waals surface area contributed by atoms with Crippen LogP contribution < -0.4 is 4.90 Å². The molecule has 1 amide bonds. The number of nitrogens with zero attached hydrogens (tertiary/aromatic N) is 6. The van der Waals surface area contributed by atoms with Crippen LogP contribution in [-0.4, -0.2) is 74.7 Å². The van der Waals surface area contributed by atoms with Gasteiger partial charge in [0.2, 0.25) is 0 Å². The van der Waals surface area contributed by atoms with E-state index in [-0.39, 0.29) is 6.09 Å². The molecular formula is C28H36N6O3. The second-order valence-electron chi connectivity index (χ2n) is 11.7. The molecule has 0 N–H and O–H groups in total. The second-order valence-corrected chi connectivity index (χ2v) is 11.7. The van der Waals surface area contributed by atoms with Gasteiger partial charge >= 0.3 is 6.09 Å². The largest absolute Gasteiger partial charge is 0.444 e. The first-order valence-electron chi connectivity index (χ1n) is 13.4. The molecule has 2 aromatic heterocycles. The van der Waals surface area contributed by atoms with E-state index in [1.165, 1.54) is 11.1 Å². The molecule has 4 fully saturated rings. The summed E-state index contributed by atoms with van der Waals surface area (Å²) in [7, 11) is 0. The van der Waals surface area contributed by atoms with Crippen LogP contribution >= 0.6 is 0 Å². The molecule has 37 heavy (non-hydrogen) atoms. The van der Waals surface area contributed by atoms with Crippen molar-refractivity contribution in [2.75, 3.05) is 31.1 Å². The third-order valence-corrected chi connectivity index (χ3v) is 7.65. The molecule has 2 bridgehead atoms. The number of aromatic nitrogens is 4. The molecule has 4 aliphatic rings. The van der Waals surface area contributed by atoms with E-state index >= 15 is 0 Å². The Morgan fingerprint density at radius 1 is 1.03 bits per heavy atom. The number of morpholine rings is 1. The molecule has 9 heteroatoms. The topological polar surface area (TPSA) is 85.6 Å². The highest BCUT2D eigenvalue weighted by Gasteiger charge is 2.39. The first-order valence-corrected chi connectivity index (χ1v) is 13.4. The molecule has 0 saturated carbocycles. The van der Waals surface area contributed by atoms with Gasteiger partial charge in [-0.3, -0.25) is 0 Å². The smallest absolute Gasteiger partial charge is 0.410 e. The number of likely N-dealkylation sites (tertiary alicyclic amines) is 1. The standard InChI is InChI=1S/C28H36N6O3/c1-17-10-20-14-29-34(26-13-25(30-18(2)31-26)33-15-21-11-22(16-33)36-21)24(20)12-23(17)19-6-8-32(9-7-19)27(35)37-28(3,4)5/h10,12-14,19,21-22H,6-9,11,15-16H2,1-5H3. The van der Waals surface area contributed by atoms with Crippen molar-refractivity contribution >= 4 is 22.8 Å². The van der Waals surface area contributed by atoms with Gasteiger partial charge in [-0.2, -0.15) is 5.10 Å². The summed E-state index contributed by atoms with van der Waals surface area (Å²) in [5, 5.41) is 5.82. The number of piperidine rings is 2. The van der Waals surface area contributed by atoms with Gasteiger partial charge in [-0.25, -0.2) is 19.4 Å². The number of amides is 1. The molecule has 1 aromatic carbocycles. The lowest BCUT2D eigenvalue weighted by atomic mass is 9.86. The monoisotopic (exact) mass is 504 g/mol. The van der Waals surface area contributed by atoms with Crippen LogP contribution in [0.1, 0.15) is 62.9 Å². The fourth-order valence-corrected chi connectivity index (χ4v) is 5.88. The molecule has 2 unspecified atom stereocenters. The number of hydrogen-bond acceptors (Lipinski definition) is 7. The molecular weight excluding hydrogens is 468 g/mol. The average Bonchev–Trinajstić information content (AvgIpc) is 3.24. The number of fused-ring (bicyclic) bond motifs is 3. The lowest BCUT2D eigenvalue weighted by molar-refractivity contribution is -0.133. The highest BCUT2D eigenvalue weighted by molar-refractivity contribution is 5.82. The zero-order valence-electron chi connectivity index (χ0n) is 22.4. The quantitative estimate of drug-likeness (QED) is 0.518. The number of carbonyl (C=O) groups is 1. The Morgan fingerprint density at radius 3 is 2.38 bits per heavy atom. The summed E-state index contributed by atoms with van der Waals surface area (Å²) in [5.74, 6) is 2.84. The maximum Gasteiger partial charge on any atom is 0.410 e. The van der Waals surface area contributed by atoms with Gasteiger partial charge in [-0.1, -0.05) is 0 Å². The van der Waals surface area contributed by atoms with Crippen molar-refractivity contribution < 1.29 is 14.3 Å². The van der Waals surface area contributed by atoms with Crippen LogP contribution in [0.15, 0.2) is 24.4 Å². The van der Waals surface area contributed by atoms with Gasteiger partial charge in [-0.15, -0.1) is 0 Å². The van der Waals surface area contributed by atoms with Gasteiger partial charge < -0.3 is 19.3 Å². The van der Waals surface area contributed by atoms with E-state index in [2.05, 4.69) is 24.0 Å². The van der Waals surface area contributed by atoms with Crippen molar-refractivity contribution in [3.05, 3.63) is 41.3 Å². The molecule has 196 valence electrons. The molecule has 6 heterocycles. The molecule has 4 aliphatic heterocycles. The van der Waals surface area contributed by atoms with Crippen LogP contribution in [0.2, 0.25) is 0 Å². The zero-order chi connectivity index (χ0) is 25.9. The minimum atomic E-state index is -0.477. The Balaban J connectivity index is 1.25. The summed E-state index contributed by atoms with van der Waals surface area (Å²) in [6, 6.07) is 6.54. The summed E-state index contributed by atoms with van der Waals surface area (Å²) < 4.78 is 13.3. The predicted octanol–water partition coefficient (Wildman–Crippen LogP) is 4.52. The summed E-state index contributed by atoms with van der Waals surface area (Å²) >= 11 is 0. The van der Waals surface area contributed by atoms with Gasteiger partial charge in [-0.05, 0) is 76.6 Å². The molecule has 0 spiro atoms. The van der Waals surface area contributed by atoms with Gasteiger partial charge in [0.15, 0.2) is 5.82 Å². The van der Waals surface area contributed by atoms with Crippen LogP contribution in [0.25, 0.3) is 16.7 Å². The minimum absolute atomic E-state index is 0.219. The fraction of sp³-hybridized carbons (Fsp3) is 0.571. The zero-order valence-corrected chi connectivity index (χ0v) is 22.4. The summed E-state index contributed by atoms with van der Waals surface area (Å²) in [4.78, 5) is 26.1. The van der Waals surface area contributed by atoms with Gasteiger partial charge in [0.25, 0.3) is 0 Å². The molecule has 0 aliphatic carbocycles. The Hall–Kier alpha value is -3.20. The van der Waals surface area contributed by atoms with Crippen molar-refractivity contribution in [2.45, 2.75) is 77.6 Å². The maximum atomic E-state index is 12.5. The van der Waals surface area contributed by atoms with Crippen molar-refractivity contribution in [2.24, 2.45) is 0 Å². The van der Waals surface area contributed by atoms with Gasteiger partial charge in [0.05, 0.1) is 23.9 Å². The minimum Gasteiger partial charge on any atom is -0.444 e. The van der Waals surface area contributed by atoms with Crippen molar-refractivity contribution in [3.63, 3.8) is 0 Å². The Bertz CT molecular complexity index is 1320. The molecule has 7 rings (SSSR count). The van der Waals surface area contributed by atoms with Crippen LogP contribution in [0, 0.1) is 13.8 Å². The lowest BCUT2D eigenvalue weighted by Gasteiger charge is -2.47. The predicted molar refractivity (Wildman–Crippen MR) is 141 cm³/mol. The van der Waals surface area contributed by atoms with Crippen LogP contribution in [0.3, 0.4) is 0 Å². The Labute approximate surface area is 217 Å². The molecule has 4 saturated heterocycles. The van der Waals surface area contributed by atoms with E-state index in [0.29, 0.717) is 31.2 Å². The normalized spacial score (nSPS) is 22.3. The number of rotatable bonds is 3. The summed E-state index contributed by atoms with van der Waals surface area (Å²) in [5.41, 5.74) is 3.14. The number of hydrogen-bond donors (Lipinski definition) is 0. The Morgan fingerprint density at radius 2 is 1.70 bits per heavy atom. The van der Waals surface area contributed by atoms with Crippen molar-refractivity contribution in [3.8, 4) is 5.82 Å².